The molecule has 0 aliphatic carbocycles. The number of hydrogen-bond acceptors (Lipinski definition) is 3. The van der Waals surface area contributed by atoms with Crippen LogP contribution in [-0.4, -0.2) is 14.3 Å². The van der Waals surface area contributed by atoms with Crippen molar-refractivity contribution in [3.63, 3.8) is 0 Å². The summed E-state index contributed by atoms with van der Waals surface area (Å²) in [5.74, 6) is 0. The van der Waals surface area contributed by atoms with Crippen LogP contribution >= 0.6 is 0 Å². The largest absolute Gasteiger partial charge is 0.376 e. The molecular formula is C25H21NO2S. The van der Waals surface area contributed by atoms with Crippen molar-refractivity contribution in [2.75, 3.05) is 0 Å². The van der Waals surface area contributed by atoms with Crippen molar-refractivity contribution in [1.82, 2.24) is 4.98 Å². The zero-order chi connectivity index (χ0) is 20.3. The maximum atomic E-state index is 13.6. The predicted octanol–water partition coefficient (Wildman–Crippen LogP) is 4.84. The Balaban J connectivity index is 1.97. The van der Waals surface area contributed by atoms with Crippen LogP contribution in [0.4, 0.5) is 0 Å². The highest BCUT2D eigenvalue weighted by atomic mass is 32.2. The highest BCUT2D eigenvalue weighted by molar-refractivity contribution is 7.85. The van der Waals surface area contributed by atoms with Gasteiger partial charge in [-0.2, -0.15) is 0 Å². The van der Waals surface area contributed by atoms with E-state index in [9.17, 15) is 9.32 Å². The summed E-state index contributed by atoms with van der Waals surface area (Å²) in [6, 6.07) is 28.3. The van der Waals surface area contributed by atoms with Gasteiger partial charge in [0.2, 0.25) is 0 Å². The van der Waals surface area contributed by atoms with E-state index in [2.05, 4.69) is 4.98 Å². The summed E-state index contributed by atoms with van der Waals surface area (Å²) in [5.41, 5.74) is 1.45. The molecule has 4 heteroatoms. The molecule has 0 aliphatic rings. The molecule has 1 atom stereocenters. The minimum atomic E-state index is -1.49. The fourth-order valence-corrected chi connectivity index (χ4v) is 4.92. The molecule has 29 heavy (non-hydrogen) atoms. The topological polar surface area (TPSA) is 50.2 Å². The highest BCUT2D eigenvalue weighted by Gasteiger charge is 2.37. The van der Waals surface area contributed by atoms with Gasteiger partial charge in [0.1, 0.15) is 5.60 Å². The second kappa shape index (κ2) is 8.11. The van der Waals surface area contributed by atoms with Gasteiger partial charge in [0.25, 0.3) is 0 Å². The first-order chi connectivity index (χ1) is 14.1. The van der Waals surface area contributed by atoms with Gasteiger partial charge in [-0.1, -0.05) is 78.9 Å². The Morgan fingerprint density at radius 1 is 0.759 bits per heavy atom. The number of aryl methyl sites for hydroxylation is 1. The van der Waals surface area contributed by atoms with Crippen LogP contribution in [0.2, 0.25) is 0 Å². The van der Waals surface area contributed by atoms with Gasteiger partial charge in [0, 0.05) is 22.9 Å². The normalized spacial score (nSPS) is 12.5. The van der Waals surface area contributed by atoms with Crippen molar-refractivity contribution in [1.29, 1.82) is 0 Å². The molecule has 0 saturated heterocycles. The second-order valence-electron chi connectivity index (χ2n) is 6.85. The van der Waals surface area contributed by atoms with Gasteiger partial charge in [0.05, 0.1) is 15.7 Å². The predicted molar refractivity (Wildman–Crippen MR) is 115 cm³/mol. The number of aromatic nitrogens is 1. The average molecular weight is 400 g/mol. The van der Waals surface area contributed by atoms with Crippen LogP contribution in [0.15, 0.2) is 113 Å². The summed E-state index contributed by atoms with van der Waals surface area (Å²) in [7, 11) is -1.49. The molecule has 0 aliphatic heterocycles. The standard InChI is InChI=1S/C25H21NO2S/c1-19-10-8-9-15-23(19)29(28)24-18-26-17-16-22(24)25(27,20-11-4-2-5-12-20)21-13-6-3-7-14-21/h2-18,27H,1H3. The number of aliphatic hydroxyl groups is 1. The van der Waals surface area contributed by atoms with E-state index in [0.29, 0.717) is 26.5 Å². The first-order valence-electron chi connectivity index (χ1n) is 9.37. The summed E-state index contributed by atoms with van der Waals surface area (Å²) in [6.07, 6.45) is 3.22. The van der Waals surface area contributed by atoms with E-state index in [1.54, 1.807) is 18.5 Å². The van der Waals surface area contributed by atoms with Gasteiger partial charge >= 0.3 is 0 Å². The van der Waals surface area contributed by atoms with Gasteiger partial charge in [-0.15, -0.1) is 0 Å². The molecule has 4 rings (SSSR count). The fourth-order valence-electron chi connectivity index (χ4n) is 3.55. The van der Waals surface area contributed by atoms with Crippen molar-refractivity contribution in [2.24, 2.45) is 0 Å². The van der Waals surface area contributed by atoms with E-state index >= 15 is 0 Å². The summed E-state index contributed by atoms with van der Waals surface area (Å²) in [4.78, 5) is 5.43. The van der Waals surface area contributed by atoms with E-state index in [1.165, 1.54) is 0 Å². The molecule has 3 nitrogen and oxygen atoms in total. The molecule has 0 spiro atoms. The molecular weight excluding hydrogens is 378 g/mol. The summed E-state index contributed by atoms with van der Waals surface area (Å²) in [5, 5.41) is 12.1. The molecule has 144 valence electrons. The maximum Gasteiger partial charge on any atom is 0.141 e. The molecule has 0 bridgehead atoms. The molecule has 0 saturated carbocycles. The van der Waals surface area contributed by atoms with Crippen LogP contribution in [0.3, 0.4) is 0 Å². The van der Waals surface area contributed by atoms with Crippen LogP contribution in [-0.2, 0) is 16.4 Å². The van der Waals surface area contributed by atoms with E-state index in [4.69, 9.17) is 0 Å². The van der Waals surface area contributed by atoms with E-state index in [0.717, 1.165) is 5.56 Å². The number of benzene rings is 3. The first-order valence-corrected chi connectivity index (χ1v) is 10.5. The number of pyridine rings is 1. The van der Waals surface area contributed by atoms with Gasteiger partial charge in [0.15, 0.2) is 0 Å². The highest BCUT2D eigenvalue weighted by Crippen LogP contribution is 2.39. The molecule has 3 aromatic carbocycles. The van der Waals surface area contributed by atoms with Crippen molar-refractivity contribution >= 4 is 10.8 Å². The van der Waals surface area contributed by atoms with Crippen molar-refractivity contribution in [3.8, 4) is 0 Å². The molecule has 1 heterocycles. The van der Waals surface area contributed by atoms with Crippen LogP contribution in [0, 0.1) is 6.92 Å². The molecule has 4 aromatic rings. The maximum absolute atomic E-state index is 13.6. The van der Waals surface area contributed by atoms with Gasteiger partial charge in [-0.05, 0) is 35.7 Å². The smallest absolute Gasteiger partial charge is 0.141 e. The SMILES string of the molecule is Cc1ccccc1S(=O)c1cnccc1C(O)(c1ccccc1)c1ccccc1. The van der Waals surface area contributed by atoms with Crippen molar-refractivity contribution < 1.29 is 9.32 Å². The van der Waals surface area contributed by atoms with E-state index < -0.39 is 16.4 Å². The molecule has 1 unspecified atom stereocenters. The monoisotopic (exact) mass is 399 g/mol. The van der Waals surface area contributed by atoms with Crippen LogP contribution < -0.4 is 0 Å². The number of hydrogen-bond donors (Lipinski definition) is 1. The summed E-state index contributed by atoms with van der Waals surface area (Å²) < 4.78 is 13.6. The summed E-state index contributed by atoms with van der Waals surface area (Å²) in [6.45, 7) is 1.93. The lowest BCUT2D eigenvalue weighted by molar-refractivity contribution is 0.122. The Kier molecular flexibility index (Phi) is 5.38. The van der Waals surface area contributed by atoms with E-state index in [1.807, 2.05) is 91.9 Å². The van der Waals surface area contributed by atoms with Crippen molar-refractivity contribution in [3.05, 3.63) is 126 Å². The lowest BCUT2D eigenvalue weighted by Gasteiger charge is -2.31. The van der Waals surface area contributed by atoms with Gasteiger partial charge in [-0.25, -0.2) is 4.21 Å². The molecule has 0 amide bonds. The Morgan fingerprint density at radius 2 is 1.31 bits per heavy atom. The van der Waals surface area contributed by atoms with Crippen LogP contribution in [0.25, 0.3) is 0 Å². The Bertz CT molecular complexity index is 1100. The lowest BCUT2D eigenvalue weighted by atomic mass is 9.81. The lowest BCUT2D eigenvalue weighted by Crippen LogP contribution is -2.30. The summed E-state index contributed by atoms with van der Waals surface area (Å²) >= 11 is 0. The number of rotatable bonds is 5. The fraction of sp³-hybridized carbons (Fsp3) is 0.0800. The minimum absolute atomic E-state index is 0.497. The third kappa shape index (κ3) is 3.53. The molecule has 1 N–H and O–H groups in total. The molecule has 0 radical (unpaired) electrons. The Labute approximate surface area is 173 Å². The minimum Gasteiger partial charge on any atom is -0.376 e. The second-order valence-corrected chi connectivity index (χ2v) is 8.27. The molecule has 1 aromatic heterocycles. The van der Waals surface area contributed by atoms with Crippen LogP contribution in [0.1, 0.15) is 22.3 Å². The first kappa shape index (κ1) is 19.2. The van der Waals surface area contributed by atoms with Crippen molar-refractivity contribution in [2.45, 2.75) is 22.3 Å². The number of nitrogens with zero attached hydrogens (tertiary/aromatic N) is 1. The van der Waals surface area contributed by atoms with Gasteiger partial charge < -0.3 is 5.11 Å². The zero-order valence-electron chi connectivity index (χ0n) is 16.0. The molecule has 0 fully saturated rings. The van der Waals surface area contributed by atoms with E-state index in [-0.39, 0.29) is 0 Å². The van der Waals surface area contributed by atoms with Gasteiger partial charge in [-0.3, -0.25) is 4.98 Å². The Hall–Kier alpha value is -3.08. The third-order valence-electron chi connectivity index (χ3n) is 5.05. The quantitative estimate of drug-likeness (QED) is 0.522. The zero-order valence-corrected chi connectivity index (χ0v) is 16.8. The van der Waals surface area contributed by atoms with Crippen LogP contribution in [0.5, 0.6) is 0 Å². The third-order valence-corrected chi connectivity index (χ3v) is 6.63. The average Bonchev–Trinajstić information content (AvgIpc) is 2.79. The Morgan fingerprint density at radius 3 is 1.90 bits per heavy atom.